The lowest BCUT2D eigenvalue weighted by Crippen LogP contribution is -2.36. The van der Waals surface area contributed by atoms with E-state index in [1.54, 1.807) is 19.9 Å². The number of nitrogens with zero attached hydrogens (tertiary/aromatic N) is 1. The maximum absolute atomic E-state index is 12.1. The normalized spacial score (nSPS) is 24.1. The Morgan fingerprint density at radius 1 is 1.53 bits per heavy atom. The molecular weight excluding hydrogens is 220 g/mol. The molecule has 1 unspecified atom stereocenters. The second-order valence-corrected chi connectivity index (χ2v) is 4.86. The summed E-state index contributed by atoms with van der Waals surface area (Å²) in [4.78, 5) is 27.8. The highest BCUT2D eigenvalue weighted by Gasteiger charge is 2.34. The summed E-state index contributed by atoms with van der Waals surface area (Å²) in [6, 6.07) is 3.23. The molecule has 0 radical (unpaired) electrons. The predicted octanol–water partition coefficient (Wildman–Crippen LogP) is 0.280. The Morgan fingerprint density at radius 2 is 2.24 bits per heavy atom. The molecule has 1 aliphatic rings. The first-order valence-corrected chi connectivity index (χ1v) is 5.61. The first-order chi connectivity index (χ1) is 7.89. The largest absolute Gasteiger partial charge is 0.388 e. The average molecular weight is 236 g/mol. The number of rotatable bonds is 1. The third-order valence-corrected chi connectivity index (χ3v) is 3.02. The molecule has 1 aliphatic heterocycles. The molecule has 0 spiro atoms. The molecule has 5 heteroatoms. The van der Waals surface area contributed by atoms with E-state index >= 15 is 0 Å². The van der Waals surface area contributed by atoms with Crippen molar-refractivity contribution in [3.63, 3.8) is 0 Å². The molecular formula is C12H16N2O3. The van der Waals surface area contributed by atoms with Gasteiger partial charge in [0.1, 0.15) is 5.56 Å². The SMILES string of the molecule is Cc1ccc(C(=O)N2CCC(C)(O)C2)c(=O)[nH]1. The third-order valence-electron chi connectivity index (χ3n) is 3.02. The van der Waals surface area contributed by atoms with Crippen LogP contribution < -0.4 is 5.56 Å². The number of carbonyl (C=O) groups is 1. The summed E-state index contributed by atoms with van der Waals surface area (Å²) in [5.41, 5.74) is -0.359. The van der Waals surface area contributed by atoms with Crippen LogP contribution in [0.4, 0.5) is 0 Å². The van der Waals surface area contributed by atoms with Crippen molar-refractivity contribution in [2.24, 2.45) is 0 Å². The lowest BCUT2D eigenvalue weighted by Gasteiger charge is -2.18. The van der Waals surface area contributed by atoms with Gasteiger partial charge in [-0.3, -0.25) is 9.59 Å². The van der Waals surface area contributed by atoms with E-state index in [1.165, 1.54) is 11.0 Å². The number of nitrogens with one attached hydrogen (secondary N) is 1. The lowest BCUT2D eigenvalue weighted by atomic mass is 10.1. The molecule has 0 saturated carbocycles. The summed E-state index contributed by atoms with van der Waals surface area (Å²) in [5, 5.41) is 9.79. The Hall–Kier alpha value is -1.62. The summed E-state index contributed by atoms with van der Waals surface area (Å²) in [6.45, 7) is 4.22. The van der Waals surface area contributed by atoms with Crippen molar-refractivity contribution in [2.75, 3.05) is 13.1 Å². The van der Waals surface area contributed by atoms with E-state index in [-0.39, 0.29) is 23.6 Å². The molecule has 92 valence electrons. The van der Waals surface area contributed by atoms with Gasteiger partial charge in [0.2, 0.25) is 0 Å². The predicted molar refractivity (Wildman–Crippen MR) is 62.9 cm³/mol. The van der Waals surface area contributed by atoms with E-state index in [0.29, 0.717) is 13.0 Å². The van der Waals surface area contributed by atoms with Crippen LogP contribution in [0.15, 0.2) is 16.9 Å². The van der Waals surface area contributed by atoms with Crippen LogP contribution in [0.3, 0.4) is 0 Å². The van der Waals surface area contributed by atoms with Crippen LogP contribution in [-0.2, 0) is 0 Å². The number of likely N-dealkylation sites (tertiary alicyclic amines) is 1. The van der Waals surface area contributed by atoms with Gasteiger partial charge in [0.05, 0.1) is 5.60 Å². The number of amides is 1. The van der Waals surface area contributed by atoms with Crippen molar-refractivity contribution in [2.45, 2.75) is 25.9 Å². The summed E-state index contributed by atoms with van der Waals surface area (Å²) in [5.74, 6) is -0.316. The smallest absolute Gasteiger partial charge is 0.260 e. The molecule has 2 N–H and O–H groups in total. The Labute approximate surface area is 99.1 Å². The molecule has 17 heavy (non-hydrogen) atoms. The zero-order valence-electron chi connectivity index (χ0n) is 9.99. The zero-order valence-corrected chi connectivity index (χ0v) is 9.99. The standard InChI is InChI=1S/C12H16N2O3/c1-8-3-4-9(10(15)13-8)11(16)14-6-5-12(2,17)7-14/h3-4,17H,5-7H2,1-2H3,(H,13,15). The van der Waals surface area contributed by atoms with Crippen molar-refractivity contribution >= 4 is 5.91 Å². The van der Waals surface area contributed by atoms with E-state index in [1.807, 2.05) is 0 Å². The lowest BCUT2D eigenvalue weighted by molar-refractivity contribution is 0.0571. The topological polar surface area (TPSA) is 73.4 Å². The van der Waals surface area contributed by atoms with Gasteiger partial charge in [-0.05, 0) is 32.4 Å². The molecule has 0 aromatic carbocycles. The highest BCUT2D eigenvalue weighted by atomic mass is 16.3. The molecule has 0 aliphatic carbocycles. The molecule has 5 nitrogen and oxygen atoms in total. The maximum Gasteiger partial charge on any atom is 0.260 e. The molecule has 1 amide bonds. The van der Waals surface area contributed by atoms with Crippen molar-refractivity contribution < 1.29 is 9.90 Å². The molecule has 0 bridgehead atoms. The summed E-state index contributed by atoms with van der Waals surface area (Å²) in [7, 11) is 0. The highest BCUT2D eigenvalue weighted by Crippen LogP contribution is 2.21. The maximum atomic E-state index is 12.1. The number of hydrogen-bond acceptors (Lipinski definition) is 3. The van der Waals surface area contributed by atoms with E-state index in [9.17, 15) is 14.7 Å². The van der Waals surface area contributed by atoms with Gasteiger partial charge in [0.25, 0.3) is 11.5 Å². The second-order valence-electron chi connectivity index (χ2n) is 4.86. The zero-order chi connectivity index (χ0) is 12.6. The van der Waals surface area contributed by atoms with E-state index < -0.39 is 5.60 Å². The quantitative estimate of drug-likeness (QED) is 0.735. The number of carbonyl (C=O) groups excluding carboxylic acids is 1. The number of aliphatic hydroxyl groups is 1. The fraction of sp³-hybridized carbons (Fsp3) is 0.500. The van der Waals surface area contributed by atoms with Crippen LogP contribution in [0.25, 0.3) is 0 Å². The molecule has 1 aromatic rings. The number of hydrogen-bond donors (Lipinski definition) is 2. The number of β-amino-alcohol motifs (C(OH)–C–C–N with tert-alkyl or cyclic N) is 1. The first-order valence-electron chi connectivity index (χ1n) is 5.61. The average Bonchev–Trinajstić information content (AvgIpc) is 2.58. The Balaban J connectivity index is 2.24. The molecule has 2 heterocycles. The van der Waals surface area contributed by atoms with Gasteiger partial charge in [-0.15, -0.1) is 0 Å². The summed E-state index contributed by atoms with van der Waals surface area (Å²) >= 11 is 0. The third kappa shape index (κ3) is 2.39. The van der Waals surface area contributed by atoms with Crippen molar-refractivity contribution in [1.29, 1.82) is 0 Å². The van der Waals surface area contributed by atoms with Crippen molar-refractivity contribution in [3.05, 3.63) is 33.7 Å². The molecule has 1 fully saturated rings. The van der Waals surface area contributed by atoms with E-state index in [2.05, 4.69) is 4.98 Å². The number of aryl methyl sites for hydroxylation is 1. The van der Waals surface area contributed by atoms with Crippen molar-refractivity contribution in [1.82, 2.24) is 9.88 Å². The van der Waals surface area contributed by atoms with Crippen LogP contribution in [0.2, 0.25) is 0 Å². The molecule has 1 saturated heterocycles. The van der Waals surface area contributed by atoms with E-state index in [0.717, 1.165) is 5.69 Å². The van der Waals surface area contributed by atoms with Crippen LogP contribution in [-0.4, -0.2) is 39.6 Å². The van der Waals surface area contributed by atoms with Crippen LogP contribution in [0.5, 0.6) is 0 Å². The molecule has 2 rings (SSSR count). The Morgan fingerprint density at radius 3 is 2.76 bits per heavy atom. The number of H-pyrrole nitrogens is 1. The van der Waals surface area contributed by atoms with Gasteiger partial charge in [0, 0.05) is 18.8 Å². The first kappa shape index (κ1) is 11.9. The monoisotopic (exact) mass is 236 g/mol. The van der Waals surface area contributed by atoms with Gasteiger partial charge in [-0.25, -0.2) is 0 Å². The minimum atomic E-state index is -0.840. The minimum absolute atomic E-state index is 0.133. The summed E-state index contributed by atoms with van der Waals surface area (Å²) < 4.78 is 0. The van der Waals surface area contributed by atoms with Crippen molar-refractivity contribution in [3.8, 4) is 0 Å². The van der Waals surface area contributed by atoms with Crippen LogP contribution in [0.1, 0.15) is 29.4 Å². The van der Waals surface area contributed by atoms with Gasteiger partial charge >= 0.3 is 0 Å². The Kier molecular flexibility index (Phi) is 2.79. The van der Waals surface area contributed by atoms with Crippen LogP contribution >= 0.6 is 0 Å². The van der Waals surface area contributed by atoms with Gasteiger partial charge in [0.15, 0.2) is 0 Å². The minimum Gasteiger partial charge on any atom is -0.388 e. The summed E-state index contributed by atoms with van der Waals surface area (Å²) in [6.07, 6.45) is 0.544. The fourth-order valence-corrected chi connectivity index (χ4v) is 2.03. The number of aromatic amines is 1. The van der Waals surface area contributed by atoms with E-state index in [4.69, 9.17) is 0 Å². The second kappa shape index (κ2) is 4.00. The Bertz CT molecular complexity index is 505. The van der Waals surface area contributed by atoms with Gasteiger partial charge < -0.3 is 15.0 Å². The molecule has 1 atom stereocenters. The fourth-order valence-electron chi connectivity index (χ4n) is 2.03. The highest BCUT2D eigenvalue weighted by molar-refractivity contribution is 5.94. The molecule has 1 aromatic heterocycles. The van der Waals surface area contributed by atoms with Gasteiger partial charge in [-0.2, -0.15) is 0 Å². The number of pyridine rings is 1. The van der Waals surface area contributed by atoms with Gasteiger partial charge in [-0.1, -0.05) is 0 Å². The number of aromatic nitrogens is 1. The van der Waals surface area contributed by atoms with Crippen LogP contribution in [0, 0.1) is 6.92 Å².